The molecule has 120 valence electrons. The monoisotopic (exact) mass is 350 g/mol. The van der Waals surface area contributed by atoms with Gasteiger partial charge >= 0.3 is 5.97 Å². The number of nitrogens with two attached hydrogens (primary N) is 1. The summed E-state index contributed by atoms with van der Waals surface area (Å²) in [6.45, 7) is 0. The largest absolute Gasteiger partial charge is 0.382 e. The van der Waals surface area contributed by atoms with Crippen LogP contribution in [0, 0.1) is 0 Å². The molecule has 3 atom stereocenters. The Bertz CT molecular complexity index is 676. The van der Waals surface area contributed by atoms with Crippen molar-refractivity contribution in [2.75, 3.05) is 0 Å². The first-order valence-corrected chi connectivity index (χ1v) is 8.18. The Morgan fingerprint density at radius 2 is 2.04 bits per heavy atom. The highest BCUT2D eigenvalue weighted by atomic mass is 35.5. The first kappa shape index (κ1) is 16.2. The average molecular weight is 351 g/mol. The summed E-state index contributed by atoms with van der Waals surface area (Å²) in [4.78, 5) is 20.7. The standard InChI is InChI=1S/C15H15ClN4O2S/c16-13-10(11-5-1-3-7-18-11)9-15(17,20-13)14(21)22-23-12-6-2-4-8-19-12/h1-8,10,13,20H,9,17H2. The van der Waals surface area contributed by atoms with Gasteiger partial charge < -0.3 is 9.92 Å². The van der Waals surface area contributed by atoms with Crippen molar-refractivity contribution in [3.8, 4) is 0 Å². The Balaban J connectivity index is 1.66. The van der Waals surface area contributed by atoms with E-state index in [2.05, 4.69) is 15.3 Å². The highest BCUT2D eigenvalue weighted by Gasteiger charge is 2.49. The van der Waals surface area contributed by atoms with Crippen molar-refractivity contribution in [2.45, 2.75) is 28.5 Å². The minimum absolute atomic E-state index is 0.171. The van der Waals surface area contributed by atoms with Crippen molar-refractivity contribution in [1.82, 2.24) is 15.3 Å². The smallest absolute Gasteiger partial charge is 0.353 e. The van der Waals surface area contributed by atoms with Crippen LogP contribution in [0.4, 0.5) is 0 Å². The summed E-state index contributed by atoms with van der Waals surface area (Å²) in [6.07, 6.45) is 3.61. The predicted molar refractivity (Wildman–Crippen MR) is 87.5 cm³/mol. The van der Waals surface area contributed by atoms with Gasteiger partial charge in [-0.3, -0.25) is 10.3 Å². The van der Waals surface area contributed by atoms with Crippen LogP contribution in [-0.2, 0) is 8.98 Å². The van der Waals surface area contributed by atoms with Crippen LogP contribution in [0.25, 0.3) is 0 Å². The van der Waals surface area contributed by atoms with Crippen molar-refractivity contribution in [3.63, 3.8) is 0 Å². The molecule has 0 saturated carbocycles. The fraction of sp³-hybridized carbons (Fsp3) is 0.267. The number of alkyl halides is 1. The van der Waals surface area contributed by atoms with E-state index in [1.807, 2.05) is 18.2 Å². The third-order valence-electron chi connectivity index (χ3n) is 3.56. The zero-order valence-corrected chi connectivity index (χ0v) is 13.6. The van der Waals surface area contributed by atoms with Gasteiger partial charge in [-0.1, -0.05) is 12.1 Å². The Morgan fingerprint density at radius 1 is 1.30 bits per heavy atom. The van der Waals surface area contributed by atoms with Gasteiger partial charge in [0.2, 0.25) is 0 Å². The number of hydrogen-bond acceptors (Lipinski definition) is 7. The summed E-state index contributed by atoms with van der Waals surface area (Å²) >= 11 is 7.17. The van der Waals surface area contributed by atoms with Gasteiger partial charge in [-0.05, 0) is 24.3 Å². The van der Waals surface area contributed by atoms with E-state index in [0.717, 1.165) is 17.7 Å². The van der Waals surface area contributed by atoms with Crippen molar-refractivity contribution in [3.05, 3.63) is 54.5 Å². The summed E-state index contributed by atoms with van der Waals surface area (Å²) < 4.78 is 5.20. The second-order valence-electron chi connectivity index (χ2n) is 5.20. The molecule has 0 radical (unpaired) electrons. The molecule has 3 N–H and O–H groups in total. The number of nitrogens with zero attached hydrogens (tertiary/aromatic N) is 2. The first-order chi connectivity index (χ1) is 11.1. The number of carbonyl (C=O) groups is 1. The number of carbonyl (C=O) groups excluding carboxylic acids is 1. The van der Waals surface area contributed by atoms with Crippen LogP contribution in [0.3, 0.4) is 0 Å². The summed E-state index contributed by atoms with van der Waals surface area (Å²) in [5.74, 6) is -0.757. The van der Waals surface area contributed by atoms with E-state index in [1.54, 1.807) is 30.6 Å². The quantitative estimate of drug-likeness (QED) is 0.495. The molecule has 0 amide bonds. The average Bonchev–Trinajstić information content (AvgIpc) is 2.90. The summed E-state index contributed by atoms with van der Waals surface area (Å²) in [6, 6.07) is 10.9. The SMILES string of the molecule is NC1(C(=O)OSc2ccccn2)CC(c2ccccn2)C(Cl)N1. The minimum Gasteiger partial charge on any atom is -0.382 e. The maximum atomic E-state index is 12.3. The van der Waals surface area contributed by atoms with Gasteiger partial charge in [0.25, 0.3) is 0 Å². The molecule has 0 aromatic carbocycles. The number of halogens is 1. The van der Waals surface area contributed by atoms with Gasteiger partial charge in [-0.25, -0.2) is 9.78 Å². The van der Waals surface area contributed by atoms with Gasteiger partial charge in [0.05, 0.1) is 5.50 Å². The number of pyridine rings is 2. The third-order valence-corrected chi connectivity index (χ3v) is 4.62. The van der Waals surface area contributed by atoms with E-state index in [4.69, 9.17) is 21.5 Å². The van der Waals surface area contributed by atoms with Gasteiger partial charge in [0, 0.05) is 30.4 Å². The molecular weight excluding hydrogens is 336 g/mol. The van der Waals surface area contributed by atoms with E-state index in [1.165, 1.54) is 0 Å². The molecule has 1 aliphatic heterocycles. The van der Waals surface area contributed by atoms with E-state index >= 15 is 0 Å². The second kappa shape index (κ2) is 6.84. The minimum atomic E-state index is -1.35. The molecule has 0 spiro atoms. The molecule has 1 aliphatic rings. The molecule has 2 aromatic heterocycles. The number of rotatable bonds is 4. The van der Waals surface area contributed by atoms with Gasteiger partial charge in [-0.2, -0.15) is 0 Å². The van der Waals surface area contributed by atoms with E-state index in [-0.39, 0.29) is 5.92 Å². The fourth-order valence-corrected chi connectivity index (χ4v) is 3.36. The highest BCUT2D eigenvalue weighted by molar-refractivity contribution is 7.95. The Labute approximate surface area is 143 Å². The molecule has 0 bridgehead atoms. The van der Waals surface area contributed by atoms with Crippen molar-refractivity contribution in [1.29, 1.82) is 0 Å². The normalized spacial score (nSPS) is 26.9. The fourth-order valence-electron chi connectivity index (χ4n) is 2.40. The molecule has 3 heterocycles. The van der Waals surface area contributed by atoms with E-state index in [0.29, 0.717) is 11.4 Å². The van der Waals surface area contributed by atoms with Crippen molar-refractivity contribution >= 4 is 29.6 Å². The van der Waals surface area contributed by atoms with E-state index < -0.39 is 17.1 Å². The molecule has 8 heteroatoms. The molecule has 0 aliphatic carbocycles. The lowest BCUT2D eigenvalue weighted by atomic mass is 9.98. The van der Waals surface area contributed by atoms with Crippen LogP contribution in [0.5, 0.6) is 0 Å². The van der Waals surface area contributed by atoms with Gasteiger partial charge in [0.1, 0.15) is 17.1 Å². The lowest BCUT2D eigenvalue weighted by Gasteiger charge is -2.21. The topological polar surface area (TPSA) is 90.1 Å². The third kappa shape index (κ3) is 3.64. The molecular formula is C15H15ClN4O2S. The predicted octanol–water partition coefficient (Wildman–Crippen LogP) is 2.02. The van der Waals surface area contributed by atoms with Gasteiger partial charge in [0.15, 0.2) is 5.66 Å². The molecule has 3 unspecified atom stereocenters. The molecule has 1 fully saturated rings. The molecule has 3 rings (SSSR count). The van der Waals surface area contributed by atoms with Crippen molar-refractivity contribution in [2.24, 2.45) is 5.73 Å². The zero-order chi connectivity index (χ0) is 16.3. The maximum Gasteiger partial charge on any atom is 0.353 e. The zero-order valence-electron chi connectivity index (χ0n) is 12.1. The lowest BCUT2D eigenvalue weighted by molar-refractivity contribution is -0.139. The number of hydrogen-bond donors (Lipinski definition) is 2. The number of aromatic nitrogens is 2. The van der Waals surface area contributed by atoms with Gasteiger partial charge in [-0.15, -0.1) is 11.6 Å². The van der Waals surface area contributed by atoms with Crippen LogP contribution in [0.2, 0.25) is 0 Å². The van der Waals surface area contributed by atoms with Crippen LogP contribution < -0.4 is 11.1 Å². The molecule has 1 saturated heterocycles. The second-order valence-corrected chi connectivity index (χ2v) is 6.43. The van der Waals surface area contributed by atoms with Crippen LogP contribution >= 0.6 is 23.6 Å². The van der Waals surface area contributed by atoms with E-state index in [9.17, 15) is 4.79 Å². The van der Waals surface area contributed by atoms with Crippen LogP contribution in [0.15, 0.2) is 53.8 Å². The summed E-state index contributed by atoms with van der Waals surface area (Å²) in [5.41, 5.74) is 5.09. The highest BCUT2D eigenvalue weighted by Crippen LogP contribution is 2.36. The van der Waals surface area contributed by atoms with Crippen LogP contribution in [0.1, 0.15) is 18.0 Å². The number of nitrogens with one attached hydrogen (secondary N) is 1. The molecule has 6 nitrogen and oxygen atoms in total. The summed E-state index contributed by atoms with van der Waals surface area (Å²) in [7, 11) is 0. The molecule has 23 heavy (non-hydrogen) atoms. The van der Waals surface area contributed by atoms with Crippen molar-refractivity contribution < 1.29 is 8.98 Å². The Hall–Kier alpha value is -1.67. The molecule has 2 aromatic rings. The lowest BCUT2D eigenvalue weighted by Crippen LogP contribution is -2.57. The Morgan fingerprint density at radius 3 is 2.70 bits per heavy atom. The summed E-state index contributed by atoms with van der Waals surface area (Å²) in [5, 5.41) is 3.48. The first-order valence-electron chi connectivity index (χ1n) is 7.00. The maximum absolute atomic E-state index is 12.3. The van der Waals surface area contributed by atoms with Crippen LogP contribution in [-0.4, -0.2) is 27.1 Å². The Kier molecular flexibility index (Phi) is 4.82.